The molecule has 0 saturated heterocycles. The average molecular weight is 430 g/mol. The van der Waals surface area contributed by atoms with Gasteiger partial charge in [0.05, 0.1) is 5.02 Å². The second-order valence-corrected chi connectivity index (χ2v) is 7.31. The van der Waals surface area contributed by atoms with Gasteiger partial charge in [-0.3, -0.25) is 4.79 Å². The zero-order valence-corrected chi connectivity index (χ0v) is 17.5. The van der Waals surface area contributed by atoms with Crippen LogP contribution in [0.3, 0.4) is 0 Å². The Kier molecular flexibility index (Phi) is 6.60. The summed E-state index contributed by atoms with van der Waals surface area (Å²) in [5.74, 6) is 0.899. The third-order valence-corrected chi connectivity index (χ3v) is 5.05. The Morgan fingerprint density at radius 2 is 1.42 bits per heavy atom. The van der Waals surface area contributed by atoms with Crippen LogP contribution in [0.2, 0.25) is 5.02 Å². The third kappa shape index (κ3) is 5.30. The number of aromatic nitrogens is 1. The fourth-order valence-electron chi connectivity index (χ4n) is 3.08. The van der Waals surface area contributed by atoms with Gasteiger partial charge in [-0.05, 0) is 34.9 Å². The van der Waals surface area contributed by atoms with E-state index in [0.717, 1.165) is 28.5 Å². The van der Waals surface area contributed by atoms with E-state index in [1.807, 2.05) is 72.8 Å². The minimum absolute atomic E-state index is 0.364. The molecule has 0 aliphatic carbocycles. The van der Waals surface area contributed by atoms with Crippen LogP contribution in [0.15, 0.2) is 91.0 Å². The van der Waals surface area contributed by atoms with E-state index in [1.54, 1.807) is 18.2 Å². The summed E-state index contributed by atoms with van der Waals surface area (Å²) in [5, 5.41) is 0.380. The molecule has 0 fully saturated rings. The van der Waals surface area contributed by atoms with Gasteiger partial charge in [0.2, 0.25) is 11.8 Å². The third-order valence-electron chi connectivity index (χ3n) is 4.72. The molecule has 0 radical (unpaired) electrons. The van der Waals surface area contributed by atoms with Crippen molar-refractivity contribution in [3.63, 3.8) is 0 Å². The molecule has 154 valence electrons. The first-order chi connectivity index (χ1) is 15.2. The number of ether oxygens (including phenoxy) is 2. The lowest BCUT2D eigenvalue weighted by atomic mass is 10.1. The number of carbonyl (C=O) groups excluding carboxylic acids is 1. The molecule has 4 aromatic rings. The molecule has 0 unspecified atom stereocenters. The fraction of sp³-hybridized carbons (Fsp3) is 0.0769. The van der Waals surface area contributed by atoms with Crippen LogP contribution in [0.25, 0.3) is 11.1 Å². The highest BCUT2D eigenvalue weighted by molar-refractivity contribution is 6.33. The van der Waals surface area contributed by atoms with Gasteiger partial charge in [0.1, 0.15) is 13.2 Å². The van der Waals surface area contributed by atoms with Gasteiger partial charge in [-0.1, -0.05) is 78.3 Å². The van der Waals surface area contributed by atoms with Crippen molar-refractivity contribution in [1.82, 2.24) is 4.98 Å². The molecule has 0 aliphatic rings. The SMILES string of the molecule is O=Cc1ccc(-c2ccc(OCc3ccccc3)nc2OCc2ccccc2)cc1Cl. The summed E-state index contributed by atoms with van der Waals surface area (Å²) in [7, 11) is 0. The Bertz CT molecular complexity index is 1160. The van der Waals surface area contributed by atoms with E-state index >= 15 is 0 Å². The Hall–Kier alpha value is -3.63. The number of hydrogen-bond donors (Lipinski definition) is 0. The predicted octanol–water partition coefficient (Wildman–Crippen LogP) is 6.37. The highest BCUT2D eigenvalue weighted by Crippen LogP contribution is 2.33. The second kappa shape index (κ2) is 9.92. The Morgan fingerprint density at radius 1 is 0.774 bits per heavy atom. The highest BCUT2D eigenvalue weighted by Gasteiger charge is 2.13. The molecule has 0 bridgehead atoms. The molecule has 5 heteroatoms. The smallest absolute Gasteiger partial charge is 0.225 e. The van der Waals surface area contributed by atoms with Crippen molar-refractivity contribution in [3.05, 3.63) is 113 Å². The zero-order chi connectivity index (χ0) is 21.5. The van der Waals surface area contributed by atoms with E-state index in [1.165, 1.54) is 0 Å². The molecule has 0 aliphatic heterocycles. The number of nitrogens with zero attached hydrogens (tertiary/aromatic N) is 1. The van der Waals surface area contributed by atoms with E-state index in [4.69, 9.17) is 21.1 Å². The predicted molar refractivity (Wildman–Crippen MR) is 122 cm³/mol. The van der Waals surface area contributed by atoms with Crippen LogP contribution in [0, 0.1) is 0 Å². The molecule has 1 heterocycles. The number of pyridine rings is 1. The Labute approximate surface area is 186 Å². The van der Waals surface area contributed by atoms with Crippen LogP contribution < -0.4 is 9.47 Å². The number of aldehydes is 1. The van der Waals surface area contributed by atoms with Gasteiger partial charge in [-0.2, -0.15) is 4.98 Å². The Morgan fingerprint density at radius 3 is 2.03 bits per heavy atom. The molecule has 4 rings (SSSR count). The number of rotatable bonds is 8. The number of benzene rings is 3. The van der Waals surface area contributed by atoms with Gasteiger partial charge in [0.15, 0.2) is 6.29 Å². The number of hydrogen-bond acceptors (Lipinski definition) is 4. The van der Waals surface area contributed by atoms with E-state index in [9.17, 15) is 4.79 Å². The van der Waals surface area contributed by atoms with Crippen LogP contribution in [-0.4, -0.2) is 11.3 Å². The molecule has 0 amide bonds. The maximum Gasteiger partial charge on any atom is 0.225 e. The largest absolute Gasteiger partial charge is 0.473 e. The van der Waals surface area contributed by atoms with Gasteiger partial charge in [-0.15, -0.1) is 0 Å². The molecule has 4 nitrogen and oxygen atoms in total. The lowest BCUT2D eigenvalue weighted by molar-refractivity contribution is 0.112. The highest BCUT2D eigenvalue weighted by atomic mass is 35.5. The first kappa shape index (κ1) is 20.6. The first-order valence-corrected chi connectivity index (χ1v) is 10.2. The maximum atomic E-state index is 11.1. The lowest BCUT2D eigenvalue weighted by Crippen LogP contribution is -2.02. The number of carbonyl (C=O) groups is 1. The van der Waals surface area contributed by atoms with E-state index in [-0.39, 0.29) is 0 Å². The maximum absolute atomic E-state index is 11.1. The van der Waals surface area contributed by atoms with Crippen molar-refractivity contribution >= 4 is 17.9 Å². The monoisotopic (exact) mass is 429 g/mol. The fourth-order valence-corrected chi connectivity index (χ4v) is 3.31. The van der Waals surface area contributed by atoms with Gasteiger partial charge in [0.25, 0.3) is 0 Å². The zero-order valence-electron chi connectivity index (χ0n) is 16.7. The topological polar surface area (TPSA) is 48.4 Å². The molecular weight excluding hydrogens is 410 g/mol. The van der Waals surface area contributed by atoms with Gasteiger partial charge < -0.3 is 9.47 Å². The van der Waals surface area contributed by atoms with Crippen LogP contribution in [0.1, 0.15) is 21.5 Å². The van der Waals surface area contributed by atoms with Gasteiger partial charge in [0, 0.05) is 17.2 Å². The van der Waals surface area contributed by atoms with E-state index < -0.39 is 0 Å². The molecule has 31 heavy (non-hydrogen) atoms. The second-order valence-electron chi connectivity index (χ2n) is 6.90. The van der Waals surface area contributed by atoms with E-state index in [0.29, 0.717) is 35.6 Å². The minimum atomic E-state index is 0.364. The molecule has 3 aromatic carbocycles. The van der Waals surface area contributed by atoms with E-state index in [2.05, 4.69) is 4.98 Å². The standard InChI is InChI=1S/C26H20ClNO3/c27-24-15-21(11-12-22(24)16-29)23-13-14-25(30-17-19-7-3-1-4-8-19)28-26(23)31-18-20-9-5-2-6-10-20/h1-16H,17-18H2. The van der Waals surface area contributed by atoms with Crippen LogP contribution >= 0.6 is 11.6 Å². The molecule has 0 N–H and O–H groups in total. The van der Waals surface area contributed by atoms with Crippen LogP contribution in [0.5, 0.6) is 11.8 Å². The average Bonchev–Trinajstić information content (AvgIpc) is 2.83. The molecule has 0 atom stereocenters. The molecule has 1 aromatic heterocycles. The summed E-state index contributed by atoms with van der Waals surface area (Å²) < 4.78 is 11.9. The van der Waals surface area contributed by atoms with Crippen LogP contribution in [0.4, 0.5) is 0 Å². The molecular formula is C26H20ClNO3. The van der Waals surface area contributed by atoms with Crippen molar-refractivity contribution in [1.29, 1.82) is 0 Å². The van der Waals surface area contributed by atoms with Crippen molar-refractivity contribution in [2.75, 3.05) is 0 Å². The molecule has 0 spiro atoms. The van der Waals surface area contributed by atoms with Crippen molar-refractivity contribution in [2.45, 2.75) is 13.2 Å². The van der Waals surface area contributed by atoms with Crippen molar-refractivity contribution in [2.24, 2.45) is 0 Å². The summed E-state index contributed by atoms with van der Waals surface area (Å²) in [5.41, 5.74) is 4.09. The normalized spacial score (nSPS) is 10.5. The summed E-state index contributed by atoms with van der Waals surface area (Å²) in [6, 6.07) is 28.7. The van der Waals surface area contributed by atoms with Gasteiger partial charge in [-0.25, -0.2) is 0 Å². The summed E-state index contributed by atoms with van der Waals surface area (Å²) in [6.07, 6.45) is 0.734. The van der Waals surface area contributed by atoms with Crippen molar-refractivity contribution in [3.8, 4) is 22.9 Å². The van der Waals surface area contributed by atoms with Gasteiger partial charge >= 0.3 is 0 Å². The minimum Gasteiger partial charge on any atom is -0.473 e. The quantitative estimate of drug-likeness (QED) is 0.305. The van der Waals surface area contributed by atoms with Crippen LogP contribution in [-0.2, 0) is 13.2 Å². The lowest BCUT2D eigenvalue weighted by Gasteiger charge is -2.14. The Balaban J connectivity index is 1.62. The summed E-state index contributed by atoms with van der Waals surface area (Å²) >= 11 is 6.24. The summed E-state index contributed by atoms with van der Waals surface area (Å²) in [4.78, 5) is 15.7. The van der Waals surface area contributed by atoms with Crippen molar-refractivity contribution < 1.29 is 14.3 Å². The number of halogens is 1. The molecule has 0 saturated carbocycles. The summed E-state index contributed by atoms with van der Waals surface area (Å²) in [6.45, 7) is 0.772. The first-order valence-electron chi connectivity index (χ1n) is 9.82.